The van der Waals surface area contributed by atoms with E-state index in [-0.39, 0.29) is 6.54 Å². The molecule has 0 saturated carbocycles. The van der Waals surface area contributed by atoms with Gasteiger partial charge in [0, 0.05) is 12.1 Å². The minimum absolute atomic E-state index is 0.0968. The molecule has 1 aliphatic rings. The highest BCUT2D eigenvalue weighted by Gasteiger charge is 2.22. The number of hydrogen-bond acceptors (Lipinski definition) is 4. The summed E-state index contributed by atoms with van der Waals surface area (Å²) >= 11 is 5.98. The Labute approximate surface area is 92.5 Å². The van der Waals surface area contributed by atoms with Crippen LogP contribution in [0.1, 0.15) is 11.7 Å². The number of nitrogens with two attached hydrogens (primary N) is 1. The Kier molecular flexibility index (Phi) is 3.00. The highest BCUT2D eigenvalue weighted by atomic mass is 35.5. The van der Waals surface area contributed by atoms with E-state index in [1.807, 2.05) is 0 Å². The highest BCUT2D eigenvalue weighted by Crippen LogP contribution is 2.40. The van der Waals surface area contributed by atoms with Gasteiger partial charge in [-0.05, 0) is 12.1 Å². The topological polar surface area (TPSA) is 64.7 Å². The molecule has 1 atom stereocenters. The van der Waals surface area contributed by atoms with Crippen molar-refractivity contribution in [3.63, 3.8) is 0 Å². The Morgan fingerprint density at radius 3 is 2.87 bits per heavy atom. The van der Waals surface area contributed by atoms with E-state index < -0.39 is 6.10 Å². The van der Waals surface area contributed by atoms with E-state index in [1.165, 1.54) is 0 Å². The van der Waals surface area contributed by atoms with Crippen molar-refractivity contribution in [2.75, 3.05) is 19.8 Å². The van der Waals surface area contributed by atoms with Crippen LogP contribution in [-0.4, -0.2) is 24.9 Å². The Balaban J connectivity index is 2.50. The maximum absolute atomic E-state index is 9.72. The van der Waals surface area contributed by atoms with Crippen LogP contribution < -0.4 is 15.2 Å². The number of rotatable bonds is 2. The van der Waals surface area contributed by atoms with Crippen molar-refractivity contribution in [2.24, 2.45) is 5.73 Å². The first kappa shape index (κ1) is 10.5. The smallest absolute Gasteiger partial charge is 0.168 e. The Morgan fingerprint density at radius 2 is 2.13 bits per heavy atom. The number of aliphatic hydroxyl groups is 1. The van der Waals surface area contributed by atoms with E-state index in [9.17, 15) is 5.11 Å². The van der Waals surface area contributed by atoms with E-state index >= 15 is 0 Å². The van der Waals surface area contributed by atoms with Crippen molar-refractivity contribution >= 4 is 11.6 Å². The van der Waals surface area contributed by atoms with Crippen LogP contribution in [0.4, 0.5) is 0 Å². The summed E-state index contributed by atoms with van der Waals surface area (Å²) in [5.41, 5.74) is 5.91. The van der Waals surface area contributed by atoms with Crippen molar-refractivity contribution in [3.8, 4) is 11.5 Å². The van der Waals surface area contributed by atoms with Crippen LogP contribution in [0, 0.1) is 0 Å². The summed E-state index contributed by atoms with van der Waals surface area (Å²) in [6.07, 6.45) is -0.825. The molecule has 0 spiro atoms. The van der Waals surface area contributed by atoms with Crippen molar-refractivity contribution in [2.45, 2.75) is 6.10 Å². The molecule has 1 aromatic rings. The summed E-state index contributed by atoms with van der Waals surface area (Å²) < 4.78 is 10.8. The van der Waals surface area contributed by atoms with Crippen LogP contribution in [0.2, 0.25) is 5.02 Å². The monoisotopic (exact) mass is 229 g/mol. The second-order valence-electron chi connectivity index (χ2n) is 3.24. The molecule has 0 amide bonds. The van der Waals surface area contributed by atoms with Gasteiger partial charge in [0.25, 0.3) is 0 Å². The molecule has 82 valence electrons. The maximum atomic E-state index is 9.72. The summed E-state index contributed by atoms with van der Waals surface area (Å²) in [7, 11) is 0. The van der Waals surface area contributed by atoms with Crippen molar-refractivity contribution in [1.29, 1.82) is 0 Å². The fourth-order valence-electron chi connectivity index (χ4n) is 1.54. The van der Waals surface area contributed by atoms with Crippen molar-refractivity contribution < 1.29 is 14.6 Å². The summed E-state index contributed by atoms with van der Waals surface area (Å²) in [6, 6.07) is 3.40. The predicted octanol–water partition coefficient (Wildman–Crippen LogP) is 1.10. The molecular weight excluding hydrogens is 218 g/mol. The van der Waals surface area contributed by atoms with Gasteiger partial charge in [0.1, 0.15) is 13.2 Å². The molecule has 0 bridgehead atoms. The van der Waals surface area contributed by atoms with E-state index in [0.29, 0.717) is 35.3 Å². The average molecular weight is 230 g/mol. The summed E-state index contributed by atoms with van der Waals surface area (Å²) in [5, 5.41) is 10.2. The standard InChI is InChI=1S/C10H12ClNO3/c11-6-1-2-8-10(15-4-3-14-8)9(6)7(13)5-12/h1-2,7,13H,3-5,12H2. The normalized spacial score (nSPS) is 16.2. The molecule has 1 aromatic carbocycles. The van der Waals surface area contributed by atoms with Gasteiger partial charge in [-0.15, -0.1) is 0 Å². The van der Waals surface area contributed by atoms with Gasteiger partial charge < -0.3 is 20.3 Å². The van der Waals surface area contributed by atoms with Gasteiger partial charge in [-0.3, -0.25) is 0 Å². The molecule has 1 heterocycles. The van der Waals surface area contributed by atoms with Gasteiger partial charge in [0.15, 0.2) is 11.5 Å². The maximum Gasteiger partial charge on any atom is 0.168 e. The van der Waals surface area contributed by atoms with Crippen LogP contribution in [0.25, 0.3) is 0 Å². The second-order valence-corrected chi connectivity index (χ2v) is 3.64. The molecule has 0 radical (unpaired) electrons. The van der Waals surface area contributed by atoms with E-state index in [4.69, 9.17) is 26.8 Å². The first-order valence-electron chi connectivity index (χ1n) is 4.70. The summed E-state index contributed by atoms with van der Waals surface area (Å²) in [6.45, 7) is 1.06. The quantitative estimate of drug-likeness (QED) is 0.797. The van der Waals surface area contributed by atoms with E-state index in [1.54, 1.807) is 12.1 Å². The number of ether oxygens (including phenoxy) is 2. The third kappa shape index (κ3) is 1.88. The lowest BCUT2D eigenvalue weighted by Crippen LogP contribution is -2.19. The van der Waals surface area contributed by atoms with Gasteiger partial charge >= 0.3 is 0 Å². The van der Waals surface area contributed by atoms with Crippen LogP contribution in [0.15, 0.2) is 12.1 Å². The predicted molar refractivity (Wildman–Crippen MR) is 56.5 cm³/mol. The van der Waals surface area contributed by atoms with Crippen LogP contribution in [-0.2, 0) is 0 Å². The fourth-order valence-corrected chi connectivity index (χ4v) is 1.82. The molecule has 0 aliphatic carbocycles. The SMILES string of the molecule is NCC(O)c1c(Cl)ccc2c1OCCO2. The minimum Gasteiger partial charge on any atom is -0.486 e. The van der Waals surface area contributed by atoms with Gasteiger partial charge in [0.2, 0.25) is 0 Å². The Bertz CT molecular complexity index is 370. The molecule has 2 rings (SSSR count). The molecule has 5 heteroatoms. The zero-order valence-electron chi connectivity index (χ0n) is 8.07. The van der Waals surface area contributed by atoms with E-state index in [2.05, 4.69) is 0 Å². The van der Waals surface area contributed by atoms with Crippen molar-refractivity contribution in [1.82, 2.24) is 0 Å². The fraction of sp³-hybridized carbons (Fsp3) is 0.400. The van der Waals surface area contributed by atoms with Gasteiger partial charge in [-0.1, -0.05) is 11.6 Å². The number of aliphatic hydroxyl groups excluding tert-OH is 1. The largest absolute Gasteiger partial charge is 0.486 e. The highest BCUT2D eigenvalue weighted by molar-refractivity contribution is 6.31. The third-order valence-electron chi connectivity index (χ3n) is 2.25. The lowest BCUT2D eigenvalue weighted by molar-refractivity contribution is 0.149. The zero-order valence-corrected chi connectivity index (χ0v) is 8.83. The van der Waals surface area contributed by atoms with Crippen molar-refractivity contribution in [3.05, 3.63) is 22.7 Å². The molecule has 0 aromatic heterocycles. The summed E-state index contributed by atoms with van der Waals surface area (Å²) in [4.78, 5) is 0. The molecule has 0 fully saturated rings. The lowest BCUT2D eigenvalue weighted by atomic mass is 10.1. The molecule has 15 heavy (non-hydrogen) atoms. The number of halogens is 1. The van der Waals surface area contributed by atoms with E-state index in [0.717, 1.165) is 0 Å². The molecular formula is C10H12ClNO3. The molecule has 0 saturated heterocycles. The molecule has 1 aliphatic heterocycles. The number of hydrogen-bond donors (Lipinski definition) is 2. The molecule has 1 unspecified atom stereocenters. The van der Waals surface area contributed by atoms with Crippen LogP contribution in [0.5, 0.6) is 11.5 Å². The molecule has 4 nitrogen and oxygen atoms in total. The third-order valence-corrected chi connectivity index (χ3v) is 2.58. The number of benzene rings is 1. The van der Waals surface area contributed by atoms with Gasteiger partial charge in [-0.2, -0.15) is 0 Å². The summed E-state index contributed by atoms with van der Waals surface area (Å²) in [5.74, 6) is 1.11. The van der Waals surface area contributed by atoms with Gasteiger partial charge in [0.05, 0.1) is 11.1 Å². The second kappa shape index (κ2) is 4.26. The first-order valence-corrected chi connectivity index (χ1v) is 5.08. The lowest BCUT2D eigenvalue weighted by Gasteiger charge is -2.23. The zero-order chi connectivity index (χ0) is 10.8. The average Bonchev–Trinajstić information content (AvgIpc) is 2.28. The van der Waals surface area contributed by atoms with Crippen LogP contribution in [0.3, 0.4) is 0 Å². The first-order chi connectivity index (χ1) is 7.24. The molecule has 3 N–H and O–H groups in total. The Morgan fingerprint density at radius 1 is 1.40 bits per heavy atom. The minimum atomic E-state index is -0.825. The van der Waals surface area contributed by atoms with Gasteiger partial charge in [-0.25, -0.2) is 0 Å². The number of fused-ring (bicyclic) bond motifs is 1. The van der Waals surface area contributed by atoms with Crippen LogP contribution >= 0.6 is 11.6 Å². The Hall–Kier alpha value is -0.970.